The van der Waals surface area contributed by atoms with Crippen molar-refractivity contribution in [1.29, 1.82) is 0 Å². The molecule has 204 valence electrons. The number of amides is 1. The van der Waals surface area contributed by atoms with E-state index in [2.05, 4.69) is 45.3 Å². The molecule has 40 heavy (non-hydrogen) atoms. The van der Waals surface area contributed by atoms with Gasteiger partial charge in [-0.2, -0.15) is 0 Å². The van der Waals surface area contributed by atoms with E-state index in [1.165, 1.54) is 29.7 Å². The van der Waals surface area contributed by atoms with E-state index in [1.807, 2.05) is 31.7 Å². The fraction of sp³-hybridized carbons (Fsp3) is 0.387. The number of piperidine rings is 1. The van der Waals surface area contributed by atoms with Gasteiger partial charge in [0, 0.05) is 54.5 Å². The molecule has 1 aromatic carbocycles. The summed E-state index contributed by atoms with van der Waals surface area (Å²) in [6.07, 6.45) is 5.98. The zero-order valence-corrected chi connectivity index (χ0v) is 23.7. The standard InChI is InChI=1S/C31H32N6O2S/c1-17-27(40-29(35-17)28-33-11-4-12-34-28)30(38)37-15-22-23(16-37)26(22)39-25-14-21(31(2,3)32)13-24(36-25)20-9-7-19(8-10-20)18-5-6-18/h4,7-14,18,22-23,26H,5-6,15-16,32H2,1-3H3/t22-,23+,26?. The number of nitrogens with two attached hydrogens (primary N) is 1. The Labute approximate surface area is 237 Å². The van der Waals surface area contributed by atoms with Gasteiger partial charge in [-0.25, -0.2) is 19.9 Å². The van der Waals surface area contributed by atoms with Gasteiger partial charge in [0.05, 0.1) is 11.4 Å². The number of aromatic nitrogens is 4. The molecule has 4 heterocycles. The van der Waals surface area contributed by atoms with Crippen LogP contribution >= 0.6 is 11.3 Å². The van der Waals surface area contributed by atoms with Gasteiger partial charge in [0.25, 0.3) is 5.91 Å². The number of hydrogen-bond acceptors (Lipinski definition) is 8. The number of benzene rings is 1. The van der Waals surface area contributed by atoms with Crippen LogP contribution in [0, 0.1) is 18.8 Å². The summed E-state index contributed by atoms with van der Waals surface area (Å²) in [4.78, 5) is 33.9. The molecular formula is C31H32N6O2S. The maximum absolute atomic E-state index is 13.4. The second kappa shape index (κ2) is 9.45. The molecule has 7 rings (SSSR count). The Bertz CT molecular complexity index is 1560. The van der Waals surface area contributed by atoms with E-state index >= 15 is 0 Å². The van der Waals surface area contributed by atoms with Gasteiger partial charge < -0.3 is 15.4 Å². The highest BCUT2D eigenvalue weighted by Gasteiger charge is 2.59. The molecule has 1 unspecified atom stereocenters. The third kappa shape index (κ3) is 4.77. The summed E-state index contributed by atoms with van der Waals surface area (Å²) in [6, 6.07) is 14.5. The second-order valence-corrected chi connectivity index (χ2v) is 12.8. The zero-order chi connectivity index (χ0) is 27.6. The van der Waals surface area contributed by atoms with Crippen LogP contribution < -0.4 is 10.5 Å². The van der Waals surface area contributed by atoms with Gasteiger partial charge >= 0.3 is 0 Å². The summed E-state index contributed by atoms with van der Waals surface area (Å²) in [5, 5.41) is 0.666. The number of carbonyl (C=O) groups excluding carboxylic acids is 1. The van der Waals surface area contributed by atoms with Crippen LogP contribution in [0.4, 0.5) is 0 Å². The van der Waals surface area contributed by atoms with Crippen LogP contribution in [0.3, 0.4) is 0 Å². The molecule has 2 aliphatic carbocycles. The predicted octanol–water partition coefficient (Wildman–Crippen LogP) is 5.19. The molecule has 1 aliphatic heterocycles. The third-order valence-electron chi connectivity index (χ3n) is 8.21. The topological polar surface area (TPSA) is 107 Å². The maximum atomic E-state index is 13.4. The van der Waals surface area contributed by atoms with Gasteiger partial charge in [-0.15, -0.1) is 11.3 Å². The van der Waals surface area contributed by atoms with Crippen molar-refractivity contribution in [3.05, 3.63) is 76.6 Å². The van der Waals surface area contributed by atoms with E-state index in [1.54, 1.807) is 18.5 Å². The Morgan fingerprint density at radius 3 is 2.40 bits per heavy atom. The van der Waals surface area contributed by atoms with Crippen LogP contribution in [-0.2, 0) is 5.54 Å². The van der Waals surface area contributed by atoms with Crippen LogP contribution in [0.15, 0.2) is 54.9 Å². The number of fused-ring (bicyclic) bond motifs is 1. The molecule has 3 fully saturated rings. The normalized spacial score (nSPS) is 21.8. The van der Waals surface area contributed by atoms with Gasteiger partial charge in [-0.3, -0.25) is 4.79 Å². The lowest BCUT2D eigenvalue weighted by Crippen LogP contribution is -2.33. The van der Waals surface area contributed by atoms with Gasteiger partial charge in [0.2, 0.25) is 5.88 Å². The summed E-state index contributed by atoms with van der Waals surface area (Å²) < 4.78 is 6.45. The average Bonchev–Trinajstić information content (AvgIpc) is 3.82. The molecule has 8 nitrogen and oxygen atoms in total. The molecule has 3 atom stereocenters. The predicted molar refractivity (Wildman–Crippen MR) is 154 cm³/mol. The van der Waals surface area contributed by atoms with Crippen LogP contribution in [0.2, 0.25) is 0 Å². The molecule has 9 heteroatoms. The number of aryl methyl sites for hydroxylation is 1. The average molecular weight is 553 g/mol. The highest BCUT2D eigenvalue weighted by Crippen LogP contribution is 2.49. The van der Waals surface area contributed by atoms with Crippen molar-refractivity contribution >= 4 is 17.2 Å². The Kier molecular flexibility index (Phi) is 5.98. The molecule has 0 bridgehead atoms. The number of ether oxygens (including phenoxy) is 1. The van der Waals surface area contributed by atoms with Crippen molar-refractivity contribution in [2.24, 2.45) is 17.6 Å². The lowest BCUT2D eigenvalue weighted by molar-refractivity contribution is 0.0755. The smallest absolute Gasteiger partial charge is 0.265 e. The van der Waals surface area contributed by atoms with Gasteiger partial charge in [-0.1, -0.05) is 24.3 Å². The van der Waals surface area contributed by atoms with E-state index in [4.69, 9.17) is 15.5 Å². The van der Waals surface area contributed by atoms with Crippen molar-refractivity contribution in [3.63, 3.8) is 0 Å². The number of thiazole rings is 1. The Hall–Kier alpha value is -3.69. The van der Waals surface area contributed by atoms with Crippen molar-refractivity contribution < 1.29 is 9.53 Å². The number of hydrogen-bond donors (Lipinski definition) is 1. The summed E-state index contributed by atoms with van der Waals surface area (Å²) in [6.45, 7) is 7.20. The summed E-state index contributed by atoms with van der Waals surface area (Å²) in [5.74, 6) is 2.47. The highest BCUT2D eigenvalue weighted by atomic mass is 32.1. The monoisotopic (exact) mass is 552 g/mol. The highest BCUT2D eigenvalue weighted by molar-refractivity contribution is 7.17. The van der Waals surface area contributed by atoms with Crippen LogP contribution in [-0.4, -0.2) is 49.9 Å². The minimum absolute atomic E-state index is 0.0186. The molecule has 1 amide bonds. The van der Waals surface area contributed by atoms with Crippen molar-refractivity contribution in [2.45, 2.75) is 51.2 Å². The minimum Gasteiger partial charge on any atom is -0.474 e. The zero-order valence-electron chi connectivity index (χ0n) is 22.9. The first-order chi connectivity index (χ1) is 19.2. The van der Waals surface area contributed by atoms with Crippen LogP contribution in [0.5, 0.6) is 5.88 Å². The molecule has 1 saturated heterocycles. The Morgan fingerprint density at radius 2 is 1.75 bits per heavy atom. The van der Waals surface area contributed by atoms with Crippen LogP contribution in [0.1, 0.15) is 59.1 Å². The SMILES string of the molecule is Cc1nc(-c2ncccn2)sc1C(=O)N1C[C@@H]2C(Oc3cc(C(C)(C)N)cc(-c4ccc(C5CC5)cc4)n3)[C@@H]2C1. The quantitative estimate of drug-likeness (QED) is 0.336. The first kappa shape index (κ1) is 25.3. The second-order valence-electron chi connectivity index (χ2n) is 11.8. The number of carbonyl (C=O) groups is 1. The fourth-order valence-corrected chi connectivity index (χ4v) is 6.61. The van der Waals surface area contributed by atoms with Gasteiger partial charge in [-0.05, 0) is 62.8 Å². The molecule has 3 aromatic heterocycles. The number of likely N-dealkylation sites (tertiary alicyclic amines) is 1. The number of rotatable bonds is 7. The van der Waals surface area contributed by atoms with E-state index in [9.17, 15) is 4.79 Å². The molecule has 0 radical (unpaired) electrons. The third-order valence-corrected chi connectivity index (χ3v) is 9.35. The molecule has 2 N–H and O–H groups in total. The lowest BCUT2D eigenvalue weighted by Gasteiger charge is -2.22. The van der Waals surface area contributed by atoms with Gasteiger partial charge in [0.1, 0.15) is 11.0 Å². The minimum atomic E-state index is -0.525. The fourth-order valence-electron chi connectivity index (χ4n) is 5.62. The van der Waals surface area contributed by atoms with Crippen molar-refractivity contribution in [2.75, 3.05) is 13.1 Å². The molecule has 2 saturated carbocycles. The summed E-state index contributed by atoms with van der Waals surface area (Å²) >= 11 is 1.36. The molecule has 4 aromatic rings. The Morgan fingerprint density at radius 1 is 1.05 bits per heavy atom. The van der Waals surface area contributed by atoms with E-state index in [0.717, 1.165) is 22.7 Å². The lowest BCUT2D eigenvalue weighted by atomic mass is 9.94. The first-order valence-corrected chi connectivity index (χ1v) is 14.7. The number of nitrogens with zero attached hydrogens (tertiary/aromatic N) is 5. The molecular weight excluding hydrogens is 520 g/mol. The largest absolute Gasteiger partial charge is 0.474 e. The van der Waals surface area contributed by atoms with E-state index in [-0.39, 0.29) is 12.0 Å². The molecule has 3 aliphatic rings. The maximum Gasteiger partial charge on any atom is 0.265 e. The summed E-state index contributed by atoms with van der Waals surface area (Å²) in [5.41, 5.74) is 11.0. The Balaban J connectivity index is 1.05. The first-order valence-electron chi connectivity index (χ1n) is 13.9. The number of pyridine rings is 1. The van der Waals surface area contributed by atoms with Gasteiger partial charge in [0.15, 0.2) is 10.8 Å². The van der Waals surface area contributed by atoms with Crippen molar-refractivity contribution in [3.8, 4) is 28.0 Å². The van der Waals surface area contributed by atoms with E-state index in [0.29, 0.717) is 52.2 Å². The van der Waals surface area contributed by atoms with E-state index < -0.39 is 5.54 Å². The molecule has 0 spiro atoms. The van der Waals surface area contributed by atoms with Crippen molar-refractivity contribution in [1.82, 2.24) is 24.8 Å². The summed E-state index contributed by atoms with van der Waals surface area (Å²) in [7, 11) is 0. The van der Waals surface area contributed by atoms with Crippen LogP contribution in [0.25, 0.3) is 22.1 Å².